The van der Waals surface area contributed by atoms with Gasteiger partial charge in [0.2, 0.25) is 0 Å². The molecule has 102 valence electrons. The van der Waals surface area contributed by atoms with Crippen LogP contribution in [0.3, 0.4) is 0 Å². The molecule has 17 heavy (non-hydrogen) atoms. The summed E-state index contributed by atoms with van der Waals surface area (Å²) in [6.07, 6.45) is 0.524. The maximum atomic E-state index is 11.2. The molecule has 5 nitrogen and oxygen atoms in total. The fraction of sp³-hybridized carbons (Fsp3) is 0.900. The molecule has 0 aliphatic carbocycles. The third kappa shape index (κ3) is 6.28. The summed E-state index contributed by atoms with van der Waals surface area (Å²) in [5.41, 5.74) is 5.55. The summed E-state index contributed by atoms with van der Waals surface area (Å²) in [6.45, 7) is 5.13. The number of hydrogen-bond donors (Lipinski definition) is 2. The Kier molecular flexibility index (Phi) is 6.50. The van der Waals surface area contributed by atoms with E-state index in [0.29, 0.717) is 12.2 Å². The predicted octanol–water partition coefficient (Wildman–Crippen LogP) is 0.735. The first-order chi connectivity index (χ1) is 7.62. The standard InChI is InChI=1S/C10H21NO4S2/c1-4-17(14,15)7-5-6-16-10(2,3)8(11)9(12)13/h8H,4-7,11H2,1-3H3,(H,12,13)/t8-/m1/s1. The molecule has 3 N–H and O–H groups in total. The van der Waals surface area contributed by atoms with Crippen LogP contribution in [0.15, 0.2) is 0 Å². The Morgan fingerprint density at radius 1 is 1.47 bits per heavy atom. The van der Waals surface area contributed by atoms with E-state index in [1.807, 2.05) is 0 Å². The molecular formula is C10H21NO4S2. The van der Waals surface area contributed by atoms with Crippen LogP contribution in [0, 0.1) is 0 Å². The largest absolute Gasteiger partial charge is 0.480 e. The van der Waals surface area contributed by atoms with E-state index in [9.17, 15) is 13.2 Å². The monoisotopic (exact) mass is 283 g/mol. The van der Waals surface area contributed by atoms with Crippen molar-refractivity contribution in [2.45, 2.75) is 38.0 Å². The van der Waals surface area contributed by atoms with Crippen molar-refractivity contribution in [3.63, 3.8) is 0 Å². The molecule has 0 amide bonds. The van der Waals surface area contributed by atoms with Crippen molar-refractivity contribution in [3.05, 3.63) is 0 Å². The Labute approximate surface area is 107 Å². The van der Waals surface area contributed by atoms with Crippen molar-refractivity contribution in [3.8, 4) is 0 Å². The number of nitrogens with two attached hydrogens (primary N) is 1. The molecule has 0 bridgehead atoms. The van der Waals surface area contributed by atoms with Crippen molar-refractivity contribution in [1.29, 1.82) is 0 Å². The Morgan fingerprint density at radius 2 is 2.00 bits per heavy atom. The van der Waals surface area contributed by atoms with Crippen LogP contribution in [0.1, 0.15) is 27.2 Å². The fourth-order valence-electron chi connectivity index (χ4n) is 1.15. The van der Waals surface area contributed by atoms with Gasteiger partial charge >= 0.3 is 5.97 Å². The molecule has 0 aliphatic rings. The van der Waals surface area contributed by atoms with Gasteiger partial charge in [0.05, 0.1) is 5.75 Å². The van der Waals surface area contributed by atoms with Crippen LogP contribution in [-0.4, -0.2) is 47.5 Å². The molecule has 0 saturated carbocycles. The summed E-state index contributed by atoms with van der Waals surface area (Å²) in [5, 5.41) is 8.81. The average Bonchev–Trinajstić information content (AvgIpc) is 2.23. The maximum Gasteiger partial charge on any atom is 0.321 e. The number of carboxylic acids is 1. The van der Waals surface area contributed by atoms with Gasteiger partial charge in [-0.25, -0.2) is 8.42 Å². The van der Waals surface area contributed by atoms with E-state index in [-0.39, 0.29) is 11.5 Å². The van der Waals surface area contributed by atoms with E-state index in [0.717, 1.165) is 0 Å². The molecule has 7 heteroatoms. The van der Waals surface area contributed by atoms with Crippen LogP contribution in [0.4, 0.5) is 0 Å². The lowest BCUT2D eigenvalue weighted by Gasteiger charge is -2.27. The molecular weight excluding hydrogens is 262 g/mol. The van der Waals surface area contributed by atoms with E-state index in [4.69, 9.17) is 10.8 Å². The Bertz CT molecular complexity index is 351. The average molecular weight is 283 g/mol. The zero-order valence-corrected chi connectivity index (χ0v) is 12.1. The topological polar surface area (TPSA) is 97.5 Å². The molecule has 0 aromatic heterocycles. The minimum atomic E-state index is -2.93. The Morgan fingerprint density at radius 3 is 2.41 bits per heavy atom. The highest BCUT2D eigenvalue weighted by molar-refractivity contribution is 8.00. The van der Waals surface area contributed by atoms with Gasteiger partial charge in [-0.15, -0.1) is 0 Å². The fourth-order valence-corrected chi connectivity index (χ4v) is 3.30. The highest BCUT2D eigenvalue weighted by Crippen LogP contribution is 2.28. The maximum absolute atomic E-state index is 11.2. The van der Waals surface area contributed by atoms with E-state index < -0.39 is 26.6 Å². The number of rotatable bonds is 8. The highest BCUT2D eigenvalue weighted by atomic mass is 32.2. The SMILES string of the molecule is CCS(=O)(=O)CCCSC(C)(C)[C@H](N)C(=O)O. The van der Waals surface area contributed by atoms with Crippen molar-refractivity contribution >= 4 is 27.6 Å². The van der Waals surface area contributed by atoms with Gasteiger partial charge in [-0.2, -0.15) is 11.8 Å². The quantitative estimate of drug-likeness (QED) is 0.637. The van der Waals surface area contributed by atoms with Crippen LogP contribution < -0.4 is 5.73 Å². The minimum Gasteiger partial charge on any atom is -0.480 e. The molecule has 0 aromatic carbocycles. The lowest BCUT2D eigenvalue weighted by atomic mass is 10.1. The van der Waals surface area contributed by atoms with Crippen molar-refractivity contribution in [2.75, 3.05) is 17.3 Å². The summed E-state index contributed by atoms with van der Waals surface area (Å²) in [4.78, 5) is 10.8. The van der Waals surface area contributed by atoms with E-state index in [1.165, 1.54) is 11.8 Å². The van der Waals surface area contributed by atoms with Gasteiger partial charge in [0.15, 0.2) is 0 Å². The third-order valence-corrected chi connectivity index (χ3v) is 5.81. The van der Waals surface area contributed by atoms with Crippen LogP contribution in [0.2, 0.25) is 0 Å². The molecule has 0 heterocycles. The van der Waals surface area contributed by atoms with Crippen LogP contribution >= 0.6 is 11.8 Å². The van der Waals surface area contributed by atoms with Gasteiger partial charge in [0.1, 0.15) is 15.9 Å². The third-order valence-electron chi connectivity index (χ3n) is 2.53. The molecule has 0 rings (SSSR count). The van der Waals surface area contributed by atoms with E-state index >= 15 is 0 Å². The lowest BCUT2D eigenvalue weighted by molar-refractivity contribution is -0.139. The molecule has 0 aliphatic heterocycles. The van der Waals surface area contributed by atoms with Crippen molar-refractivity contribution in [2.24, 2.45) is 5.73 Å². The van der Waals surface area contributed by atoms with Crippen molar-refractivity contribution in [1.82, 2.24) is 0 Å². The van der Waals surface area contributed by atoms with Crippen LogP contribution in [0.25, 0.3) is 0 Å². The van der Waals surface area contributed by atoms with Crippen molar-refractivity contribution < 1.29 is 18.3 Å². The van der Waals surface area contributed by atoms with E-state index in [2.05, 4.69) is 0 Å². The zero-order chi connectivity index (χ0) is 13.7. The molecule has 0 saturated heterocycles. The van der Waals surface area contributed by atoms with Crippen LogP contribution in [0.5, 0.6) is 0 Å². The van der Waals surface area contributed by atoms with Gasteiger partial charge in [-0.05, 0) is 26.0 Å². The van der Waals surface area contributed by atoms with E-state index in [1.54, 1.807) is 20.8 Å². The molecule has 0 radical (unpaired) electrons. The Balaban J connectivity index is 4.09. The molecule has 0 fully saturated rings. The van der Waals surface area contributed by atoms with Gasteiger partial charge in [-0.3, -0.25) is 4.79 Å². The normalized spacial score (nSPS) is 14.6. The summed E-state index contributed by atoms with van der Waals surface area (Å²) < 4.78 is 21.9. The lowest BCUT2D eigenvalue weighted by Crippen LogP contribution is -2.46. The van der Waals surface area contributed by atoms with Crippen LogP contribution in [-0.2, 0) is 14.6 Å². The number of aliphatic carboxylic acids is 1. The van der Waals surface area contributed by atoms with Gasteiger partial charge in [0, 0.05) is 10.5 Å². The van der Waals surface area contributed by atoms with Gasteiger partial charge in [-0.1, -0.05) is 6.92 Å². The second-order valence-corrected chi connectivity index (χ2v) is 8.58. The Hall–Kier alpha value is -0.270. The molecule has 1 atom stereocenters. The summed E-state index contributed by atoms with van der Waals surface area (Å²) in [6, 6.07) is -0.949. The summed E-state index contributed by atoms with van der Waals surface area (Å²) in [7, 11) is -2.93. The molecule has 0 aromatic rings. The second-order valence-electron chi connectivity index (χ2n) is 4.36. The smallest absolute Gasteiger partial charge is 0.321 e. The predicted molar refractivity (Wildman–Crippen MR) is 71.1 cm³/mol. The first-order valence-corrected chi connectivity index (χ1v) is 8.26. The first-order valence-electron chi connectivity index (χ1n) is 5.45. The number of sulfone groups is 1. The first kappa shape index (κ1) is 16.7. The summed E-state index contributed by atoms with van der Waals surface area (Å²) in [5.74, 6) is -0.152. The van der Waals surface area contributed by atoms with Gasteiger partial charge in [0.25, 0.3) is 0 Å². The number of thioether (sulfide) groups is 1. The second kappa shape index (κ2) is 6.61. The summed E-state index contributed by atoms with van der Waals surface area (Å²) >= 11 is 1.40. The highest BCUT2D eigenvalue weighted by Gasteiger charge is 2.32. The minimum absolute atomic E-state index is 0.148. The number of carboxylic acid groups (broad SMARTS) is 1. The number of carbonyl (C=O) groups is 1. The number of hydrogen-bond acceptors (Lipinski definition) is 5. The molecule has 0 spiro atoms. The molecule has 0 unspecified atom stereocenters. The van der Waals surface area contributed by atoms with Gasteiger partial charge < -0.3 is 10.8 Å². The zero-order valence-electron chi connectivity index (χ0n) is 10.5.